The van der Waals surface area contributed by atoms with E-state index in [1.807, 2.05) is 46.3 Å². The Bertz CT molecular complexity index is 604. The summed E-state index contributed by atoms with van der Waals surface area (Å²) in [7, 11) is 0. The fourth-order valence-electron chi connectivity index (χ4n) is 1.84. The molecule has 3 aromatic rings. The van der Waals surface area contributed by atoms with E-state index in [2.05, 4.69) is 16.5 Å². The van der Waals surface area contributed by atoms with Gasteiger partial charge < -0.3 is 10.1 Å². The van der Waals surface area contributed by atoms with E-state index in [0.29, 0.717) is 6.61 Å². The van der Waals surface area contributed by atoms with E-state index in [1.54, 1.807) is 11.3 Å². The van der Waals surface area contributed by atoms with E-state index in [0.717, 1.165) is 29.5 Å². The molecule has 1 N–H and O–H groups in total. The molecule has 0 fully saturated rings. The van der Waals surface area contributed by atoms with Gasteiger partial charge in [0.25, 0.3) is 0 Å². The van der Waals surface area contributed by atoms with Crippen molar-refractivity contribution in [3.63, 3.8) is 0 Å². The van der Waals surface area contributed by atoms with E-state index in [4.69, 9.17) is 4.74 Å². The number of para-hydroxylation sites is 1. The van der Waals surface area contributed by atoms with Gasteiger partial charge in [0.2, 0.25) is 0 Å². The van der Waals surface area contributed by atoms with Gasteiger partial charge in [-0.05, 0) is 12.1 Å². The molecule has 19 heavy (non-hydrogen) atoms. The van der Waals surface area contributed by atoms with Crippen LogP contribution in [-0.2, 0) is 6.54 Å². The Morgan fingerprint density at radius 2 is 2.16 bits per heavy atom. The van der Waals surface area contributed by atoms with Gasteiger partial charge in [-0.3, -0.25) is 4.40 Å². The van der Waals surface area contributed by atoms with Crippen LogP contribution in [0, 0.1) is 0 Å². The van der Waals surface area contributed by atoms with Crippen LogP contribution in [0.15, 0.2) is 48.1 Å². The highest BCUT2D eigenvalue weighted by Crippen LogP contribution is 2.11. The molecule has 0 radical (unpaired) electrons. The van der Waals surface area contributed by atoms with Crippen molar-refractivity contribution in [1.29, 1.82) is 0 Å². The van der Waals surface area contributed by atoms with Crippen LogP contribution in [0.5, 0.6) is 5.75 Å². The Morgan fingerprint density at radius 3 is 3.00 bits per heavy atom. The van der Waals surface area contributed by atoms with Crippen LogP contribution in [0.3, 0.4) is 0 Å². The number of nitrogens with one attached hydrogen (secondary N) is 1. The first-order valence-electron chi connectivity index (χ1n) is 6.21. The molecule has 0 spiro atoms. The Hall–Kier alpha value is -1.85. The van der Waals surface area contributed by atoms with Crippen molar-refractivity contribution in [3.05, 3.63) is 53.8 Å². The smallest absolute Gasteiger partial charge is 0.193 e. The first kappa shape index (κ1) is 12.2. The molecule has 0 amide bonds. The van der Waals surface area contributed by atoms with Gasteiger partial charge in [0.1, 0.15) is 12.4 Å². The molecular formula is C14H15N3OS. The Morgan fingerprint density at radius 1 is 1.26 bits per heavy atom. The lowest BCUT2D eigenvalue weighted by Crippen LogP contribution is -2.20. The average molecular weight is 273 g/mol. The second-order valence-electron chi connectivity index (χ2n) is 4.16. The second kappa shape index (κ2) is 5.86. The summed E-state index contributed by atoms with van der Waals surface area (Å²) in [6.45, 7) is 2.23. The van der Waals surface area contributed by atoms with Gasteiger partial charge in [0.15, 0.2) is 4.96 Å². The summed E-state index contributed by atoms with van der Waals surface area (Å²) in [5, 5.41) is 5.36. The molecule has 0 aliphatic rings. The highest BCUT2D eigenvalue weighted by Gasteiger charge is 2.01. The minimum atomic E-state index is 0.659. The van der Waals surface area contributed by atoms with Crippen molar-refractivity contribution in [2.45, 2.75) is 6.54 Å². The van der Waals surface area contributed by atoms with Crippen LogP contribution in [0.1, 0.15) is 5.69 Å². The van der Waals surface area contributed by atoms with Gasteiger partial charge in [-0.25, -0.2) is 4.98 Å². The first-order chi connectivity index (χ1) is 9.42. The van der Waals surface area contributed by atoms with E-state index >= 15 is 0 Å². The van der Waals surface area contributed by atoms with Crippen LogP contribution >= 0.6 is 11.3 Å². The molecule has 0 unspecified atom stereocenters. The van der Waals surface area contributed by atoms with Gasteiger partial charge >= 0.3 is 0 Å². The molecule has 0 saturated heterocycles. The van der Waals surface area contributed by atoms with Crippen molar-refractivity contribution < 1.29 is 4.74 Å². The van der Waals surface area contributed by atoms with E-state index in [-0.39, 0.29) is 0 Å². The number of fused-ring (bicyclic) bond motifs is 1. The van der Waals surface area contributed by atoms with Crippen LogP contribution < -0.4 is 10.1 Å². The van der Waals surface area contributed by atoms with Crippen molar-refractivity contribution in [1.82, 2.24) is 14.7 Å². The maximum atomic E-state index is 5.60. The summed E-state index contributed by atoms with van der Waals surface area (Å²) in [6.07, 6.45) is 4.08. The zero-order valence-corrected chi connectivity index (χ0v) is 11.3. The number of ether oxygens (including phenoxy) is 1. The normalized spacial score (nSPS) is 10.9. The summed E-state index contributed by atoms with van der Waals surface area (Å²) in [4.78, 5) is 5.55. The predicted octanol–water partition coefficient (Wildman–Crippen LogP) is 2.56. The monoisotopic (exact) mass is 273 g/mol. The molecule has 2 aromatic heterocycles. The standard InChI is InChI=1S/C14H15N3OS/c1-2-4-13(5-3-1)18-8-6-15-10-12-11-17-7-9-19-14(17)16-12/h1-5,7,9,11,15H,6,8,10H2. The lowest BCUT2D eigenvalue weighted by atomic mass is 10.3. The van der Waals surface area contributed by atoms with Gasteiger partial charge in [0.05, 0.1) is 5.69 Å². The highest BCUT2D eigenvalue weighted by atomic mass is 32.1. The number of imidazole rings is 1. The zero-order chi connectivity index (χ0) is 12.9. The Balaban J connectivity index is 1.40. The van der Waals surface area contributed by atoms with Crippen molar-refractivity contribution >= 4 is 16.3 Å². The fourth-order valence-corrected chi connectivity index (χ4v) is 2.55. The van der Waals surface area contributed by atoms with E-state index in [9.17, 15) is 0 Å². The molecule has 1 aromatic carbocycles. The summed E-state index contributed by atoms with van der Waals surface area (Å²) in [5.74, 6) is 0.909. The lowest BCUT2D eigenvalue weighted by Gasteiger charge is -2.06. The number of hydrogen-bond acceptors (Lipinski definition) is 4. The zero-order valence-electron chi connectivity index (χ0n) is 10.5. The largest absolute Gasteiger partial charge is 0.492 e. The number of aromatic nitrogens is 2. The van der Waals surface area contributed by atoms with Crippen LogP contribution in [0.4, 0.5) is 0 Å². The second-order valence-corrected chi connectivity index (χ2v) is 5.04. The van der Waals surface area contributed by atoms with Crippen LogP contribution in [-0.4, -0.2) is 22.5 Å². The molecule has 3 rings (SSSR count). The SMILES string of the molecule is c1ccc(OCCNCc2cn3ccsc3n2)cc1. The van der Waals surface area contributed by atoms with Crippen LogP contribution in [0.2, 0.25) is 0 Å². The molecule has 2 heterocycles. The lowest BCUT2D eigenvalue weighted by molar-refractivity contribution is 0.313. The van der Waals surface area contributed by atoms with Gasteiger partial charge in [-0.2, -0.15) is 0 Å². The number of benzene rings is 1. The minimum absolute atomic E-state index is 0.659. The number of hydrogen-bond donors (Lipinski definition) is 1. The van der Waals surface area contributed by atoms with Crippen molar-refractivity contribution in [2.75, 3.05) is 13.2 Å². The van der Waals surface area contributed by atoms with E-state index < -0.39 is 0 Å². The summed E-state index contributed by atoms with van der Waals surface area (Å²) >= 11 is 1.65. The fraction of sp³-hybridized carbons (Fsp3) is 0.214. The Kier molecular flexibility index (Phi) is 3.76. The van der Waals surface area contributed by atoms with Crippen LogP contribution in [0.25, 0.3) is 4.96 Å². The highest BCUT2D eigenvalue weighted by molar-refractivity contribution is 7.15. The molecule has 0 bridgehead atoms. The number of nitrogens with zero attached hydrogens (tertiary/aromatic N) is 2. The van der Waals surface area contributed by atoms with Gasteiger partial charge in [-0.1, -0.05) is 18.2 Å². The minimum Gasteiger partial charge on any atom is -0.492 e. The van der Waals surface area contributed by atoms with Crippen molar-refractivity contribution in [2.24, 2.45) is 0 Å². The third kappa shape index (κ3) is 3.13. The maximum Gasteiger partial charge on any atom is 0.193 e. The Labute approximate surface area is 115 Å². The first-order valence-corrected chi connectivity index (χ1v) is 7.09. The quantitative estimate of drug-likeness (QED) is 0.702. The molecule has 0 aliphatic heterocycles. The maximum absolute atomic E-state index is 5.60. The molecule has 5 heteroatoms. The molecule has 4 nitrogen and oxygen atoms in total. The van der Waals surface area contributed by atoms with E-state index in [1.165, 1.54) is 0 Å². The third-order valence-electron chi connectivity index (χ3n) is 2.74. The molecule has 0 atom stereocenters. The number of rotatable bonds is 6. The third-order valence-corrected chi connectivity index (χ3v) is 3.51. The molecular weight excluding hydrogens is 258 g/mol. The van der Waals surface area contributed by atoms with Crippen molar-refractivity contribution in [3.8, 4) is 5.75 Å². The molecule has 0 saturated carbocycles. The molecule has 98 valence electrons. The average Bonchev–Trinajstić information content (AvgIpc) is 3.00. The number of thiazole rings is 1. The predicted molar refractivity (Wildman–Crippen MR) is 76.7 cm³/mol. The summed E-state index contributed by atoms with van der Waals surface area (Å²) in [6, 6.07) is 9.85. The summed E-state index contributed by atoms with van der Waals surface area (Å²) < 4.78 is 7.65. The topological polar surface area (TPSA) is 38.6 Å². The van der Waals surface area contributed by atoms with Gasteiger partial charge in [0, 0.05) is 30.9 Å². The van der Waals surface area contributed by atoms with Gasteiger partial charge in [-0.15, -0.1) is 11.3 Å². The summed E-state index contributed by atoms with van der Waals surface area (Å²) in [5.41, 5.74) is 1.06. The molecule has 0 aliphatic carbocycles.